The number of rotatable bonds is 11. The molecule has 1 aromatic carbocycles. The lowest BCUT2D eigenvalue weighted by Crippen LogP contribution is -2.31. The molecular weight excluding hydrogens is 268 g/mol. The summed E-state index contributed by atoms with van der Waals surface area (Å²) in [5.74, 6) is 0.757. The third-order valence-electron chi connectivity index (χ3n) is 2.93. The second-order valence-electron chi connectivity index (χ2n) is 4.75. The Labute approximate surface area is 127 Å². The van der Waals surface area contributed by atoms with E-state index in [1.807, 2.05) is 24.3 Å². The van der Waals surface area contributed by atoms with Crippen molar-refractivity contribution in [3.8, 4) is 5.75 Å². The van der Waals surface area contributed by atoms with Gasteiger partial charge in [-0.25, -0.2) is 0 Å². The molecule has 1 aromatic rings. The van der Waals surface area contributed by atoms with Gasteiger partial charge in [-0.3, -0.25) is 4.79 Å². The van der Waals surface area contributed by atoms with Crippen LogP contribution in [0.15, 0.2) is 24.3 Å². The highest BCUT2D eigenvalue weighted by molar-refractivity contribution is 5.81. The van der Waals surface area contributed by atoms with Gasteiger partial charge in [0.25, 0.3) is 0 Å². The molecule has 5 heteroatoms. The van der Waals surface area contributed by atoms with Crippen LogP contribution < -0.4 is 15.4 Å². The van der Waals surface area contributed by atoms with Crippen LogP contribution in [0.4, 0.5) is 5.69 Å². The maximum atomic E-state index is 11.7. The summed E-state index contributed by atoms with van der Waals surface area (Å²) in [4.78, 5) is 11.7. The van der Waals surface area contributed by atoms with Gasteiger partial charge in [0.1, 0.15) is 5.75 Å². The Morgan fingerprint density at radius 3 is 2.76 bits per heavy atom. The van der Waals surface area contributed by atoms with Crippen LogP contribution in [0.25, 0.3) is 0 Å². The van der Waals surface area contributed by atoms with Crippen molar-refractivity contribution in [3.63, 3.8) is 0 Å². The Kier molecular flexibility index (Phi) is 9.04. The van der Waals surface area contributed by atoms with E-state index in [0.29, 0.717) is 19.8 Å². The molecule has 21 heavy (non-hydrogen) atoms. The molecular formula is C16H26N2O3. The molecule has 0 heterocycles. The summed E-state index contributed by atoms with van der Waals surface area (Å²) in [6.45, 7) is 4.34. The first-order valence-corrected chi connectivity index (χ1v) is 7.49. The number of carbonyl (C=O) groups excluding carboxylic acids is 1. The van der Waals surface area contributed by atoms with Gasteiger partial charge in [0.05, 0.1) is 18.8 Å². The first kappa shape index (κ1) is 17.3. The van der Waals surface area contributed by atoms with E-state index in [0.717, 1.165) is 30.7 Å². The number of nitrogens with one attached hydrogen (secondary N) is 2. The molecule has 0 bridgehead atoms. The fourth-order valence-electron chi connectivity index (χ4n) is 1.75. The zero-order chi connectivity index (χ0) is 15.3. The first-order chi connectivity index (χ1) is 10.3. The molecule has 5 nitrogen and oxygen atoms in total. The number of methoxy groups -OCH3 is 1. The second kappa shape index (κ2) is 11.0. The summed E-state index contributed by atoms with van der Waals surface area (Å²) in [5.41, 5.74) is 0.848. The van der Waals surface area contributed by atoms with Crippen LogP contribution >= 0.6 is 0 Å². The maximum absolute atomic E-state index is 11.7. The largest absolute Gasteiger partial charge is 0.491 e. The zero-order valence-corrected chi connectivity index (χ0v) is 13.0. The lowest BCUT2D eigenvalue weighted by atomic mass is 10.3. The summed E-state index contributed by atoms with van der Waals surface area (Å²) in [7, 11) is 1.65. The molecule has 0 spiro atoms. The number of carbonyl (C=O) groups is 1. The molecule has 0 saturated heterocycles. The van der Waals surface area contributed by atoms with Gasteiger partial charge >= 0.3 is 0 Å². The molecule has 1 amide bonds. The van der Waals surface area contributed by atoms with Gasteiger partial charge in [-0.2, -0.15) is 0 Å². The Balaban J connectivity index is 2.34. The minimum absolute atomic E-state index is 0.0329. The summed E-state index contributed by atoms with van der Waals surface area (Å²) >= 11 is 0. The average Bonchev–Trinajstić information content (AvgIpc) is 2.51. The Bertz CT molecular complexity index is 410. The first-order valence-electron chi connectivity index (χ1n) is 7.49. The van der Waals surface area contributed by atoms with Crippen molar-refractivity contribution in [3.05, 3.63) is 24.3 Å². The number of amides is 1. The van der Waals surface area contributed by atoms with E-state index < -0.39 is 0 Å². The summed E-state index contributed by atoms with van der Waals surface area (Å²) in [6.07, 6.45) is 2.94. The number of unbranched alkanes of at least 4 members (excludes halogenated alkanes) is 1. The molecule has 0 saturated carbocycles. The lowest BCUT2D eigenvalue weighted by molar-refractivity contribution is -0.119. The number of benzene rings is 1. The fraction of sp³-hybridized carbons (Fsp3) is 0.562. The maximum Gasteiger partial charge on any atom is 0.239 e. The van der Waals surface area contributed by atoms with E-state index in [9.17, 15) is 4.79 Å². The Hall–Kier alpha value is -1.75. The quantitative estimate of drug-likeness (QED) is 0.615. The van der Waals surface area contributed by atoms with Gasteiger partial charge in [0.2, 0.25) is 5.91 Å². The van der Waals surface area contributed by atoms with Crippen LogP contribution in [-0.2, 0) is 9.53 Å². The monoisotopic (exact) mass is 294 g/mol. The number of hydrogen-bond donors (Lipinski definition) is 2. The van der Waals surface area contributed by atoms with E-state index in [-0.39, 0.29) is 12.5 Å². The summed E-state index contributed by atoms with van der Waals surface area (Å²) < 4.78 is 10.6. The van der Waals surface area contributed by atoms with Crippen LogP contribution in [0.5, 0.6) is 5.75 Å². The normalized spacial score (nSPS) is 10.2. The van der Waals surface area contributed by atoms with Crippen molar-refractivity contribution >= 4 is 11.6 Å². The molecule has 2 N–H and O–H groups in total. The minimum atomic E-state index is -0.0329. The average molecular weight is 294 g/mol. The van der Waals surface area contributed by atoms with E-state index in [4.69, 9.17) is 9.47 Å². The van der Waals surface area contributed by atoms with Crippen LogP contribution in [0.2, 0.25) is 0 Å². The van der Waals surface area contributed by atoms with Crippen molar-refractivity contribution in [1.82, 2.24) is 5.32 Å². The van der Waals surface area contributed by atoms with Crippen molar-refractivity contribution in [1.29, 1.82) is 0 Å². The standard InChI is InChI=1S/C16H26N2O3/c1-3-4-12-21-15-9-6-5-8-14(15)18-13-16(19)17-10-7-11-20-2/h5-6,8-9,18H,3-4,7,10-13H2,1-2H3,(H,17,19). The number of anilines is 1. The van der Waals surface area contributed by atoms with E-state index in [2.05, 4.69) is 17.6 Å². The summed E-state index contributed by atoms with van der Waals surface area (Å²) in [5, 5.41) is 5.95. The van der Waals surface area contributed by atoms with Crippen LogP contribution in [0.1, 0.15) is 26.2 Å². The van der Waals surface area contributed by atoms with Gasteiger partial charge in [-0.05, 0) is 25.0 Å². The predicted molar refractivity (Wildman–Crippen MR) is 84.8 cm³/mol. The van der Waals surface area contributed by atoms with Gasteiger partial charge in [0, 0.05) is 20.3 Å². The van der Waals surface area contributed by atoms with Gasteiger partial charge in [-0.15, -0.1) is 0 Å². The molecule has 0 aliphatic carbocycles. The van der Waals surface area contributed by atoms with Crippen LogP contribution in [-0.4, -0.2) is 39.3 Å². The molecule has 0 unspecified atom stereocenters. The van der Waals surface area contributed by atoms with Gasteiger partial charge in [-0.1, -0.05) is 25.5 Å². The molecule has 118 valence electrons. The predicted octanol–water partition coefficient (Wildman–Crippen LogP) is 2.43. The van der Waals surface area contributed by atoms with Crippen molar-refractivity contribution in [2.75, 3.05) is 38.7 Å². The molecule has 0 fully saturated rings. The van der Waals surface area contributed by atoms with Crippen LogP contribution in [0.3, 0.4) is 0 Å². The van der Waals surface area contributed by atoms with E-state index in [1.54, 1.807) is 7.11 Å². The van der Waals surface area contributed by atoms with Crippen molar-refractivity contribution in [2.45, 2.75) is 26.2 Å². The highest BCUT2D eigenvalue weighted by Gasteiger charge is 2.05. The molecule has 0 aromatic heterocycles. The molecule has 1 rings (SSSR count). The smallest absolute Gasteiger partial charge is 0.239 e. The lowest BCUT2D eigenvalue weighted by Gasteiger charge is -2.13. The Morgan fingerprint density at radius 2 is 2.00 bits per heavy atom. The highest BCUT2D eigenvalue weighted by Crippen LogP contribution is 2.23. The van der Waals surface area contributed by atoms with Crippen molar-refractivity contribution < 1.29 is 14.3 Å². The van der Waals surface area contributed by atoms with Gasteiger partial charge < -0.3 is 20.1 Å². The van der Waals surface area contributed by atoms with Crippen LogP contribution in [0, 0.1) is 0 Å². The fourth-order valence-corrected chi connectivity index (χ4v) is 1.75. The summed E-state index contributed by atoms with van der Waals surface area (Å²) in [6, 6.07) is 7.68. The third kappa shape index (κ3) is 7.56. The zero-order valence-electron chi connectivity index (χ0n) is 13.0. The minimum Gasteiger partial charge on any atom is -0.491 e. The number of hydrogen-bond acceptors (Lipinski definition) is 4. The number of para-hydroxylation sites is 2. The third-order valence-corrected chi connectivity index (χ3v) is 2.93. The molecule has 0 aliphatic heterocycles. The molecule has 0 radical (unpaired) electrons. The van der Waals surface area contributed by atoms with E-state index >= 15 is 0 Å². The second-order valence-corrected chi connectivity index (χ2v) is 4.75. The van der Waals surface area contributed by atoms with E-state index in [1.165, 1.54) is 0 Å². The topological polar surface area (TPSA) is 59.6 Å². The molecule has 0 aliphatic rings. The molecule has 0 atom stereocenters. The SMILES string of the molecule is CCCCOc1ccccc1NCC(=O)NCCCOC. The highest BCUT2D eigenvalue weighted by atomic mass is 16.5. The number of ether oxygens (including phenoxy) is 2. The Morgan fingerprint density at radius 1 is 1.19 bits per heavy atom. The van der Waals surface area contributed by atoms with Gasteiger partial charge in [0.15, 0.2) is 0 Å². The van der Waals surface area contributed by atoms with Crippen molar-refractivity contribution in [2.24, 2.45) is 0 Å².